The Bertz CT molecular complexity index is 12.5. The van der Waals surface area contributed by atoms with E-state index in [0.717, 1.165) is 0 Å². The Kier molecular flexibility index (Phi) is 15800. The fourth-order valence-corrected chi connectivity index (χ4v) is 0. The molecule has 0 atom stereocenters. The average molecular weight is 320 g/mol. The molecule has 0 spiro atoms. The van der Waals surface area contributed by atoms with Crippen LogP contribution < -0.4 is 23.6 Å². The Morgan fingerprint density at radius 2 is 0.444 bits per heavy atom. The predicted molar refractivity (Wildman–Crippen MR) is 30.2 cm³/mol. The van der Waals surface area contributed by atoms with Gasteiger partial charge in [0.15, 0.2) is 0 Å². The maximum absolute atomic E-state index is 7.75. The van der Waals surface area contributed by atoms with Crippen molar-refractivity contribution in [3.63, 3.8) is 0 Å². The van der Waals surface area contributed by atoms with E-state index in [1.165, 1.54) is 0 Å². The maximum atomic E-state index is 7.75. The van der Waals surface area contributed by atoms with Crippen molar-refractivity contribution in [2.45, 2.75) is 0 Å². The molecule has 0 amide bonds. The first kappa shape index (κ1) is 34.5. The smallest absolute Gasteiger partial charge is 0 e. The molecule has 65 valence electrons. The molecular weight excluding hydrogens is 312 g/mol. The molecule has 0 aliphatic heterocycles. The standard InChI is InChI=1S/Ir.4H2NO/c;4*1-2/h;4*1H2/q;4*-1. The van der Waals surface area contributed by atoms with Crippen LogP contribution in [0.3, 0.4) is 0 Å². The molecule has 8 N–H and O–H groups in total. The molecule has 1 radical (unpaired) electrons. The van der Waals surface area contributed by atoms with Gasteiger partial charge in [-0.25, -0.2) is 0 Å². The van der Waals surface area contributed by atoms with E-state index in [4.69, 9.17) is 20.8 Å². The van der Waals surface area contributed by atoms with Crippen LogP contribution in [0.25, 0.3) is 0 Å². The first-order chi connectivity index (χ1) is 4.00. The van der Waals surface area contributed by atoms with Crippen molar-refractivity contribution in [2.75, 3.05) is 0 Å². The van der Waals surface area contributed by atoms with E-state index >= 15 is 0 Å². The Balaban J connectivity index is -0.00000000762. The molecule has 0 aromatic rings. The molecule has 0 aliphatic carbocycles. The van der Waals surface area contributed by atoms with E-state index in [1.807, 2.05) is 0 Å². The first-order valence-electron chi connectivity index (χ1n) is 0.943. The molecule has 0 aromatic carbocycles. The number of rotatable bonds is 0. The third-order valence-electron chi connectivity index (χ3n) is 0. The van der Waals surface area contributed by atoms with Crippen LogP contribution in [0.2, 0.25) is 0 Å². The Morgan fingerprint density at radius 1 is 0.444 bits per heavy atom. The van der Waals surface area contributed by atoms with Gasteiger partial charge in [-0.1, -0.05) is 0 Å². The van der Waals surface area contributed by atoms with Gasteiger partial charge in [0.1, 0.15) is 0 Å². The fraction of sp³-hybridized carbons (Fsp3) is 0. The van der Waals surface area contributed by atoms with Gasteiger partial charge < -0.3 is 44.4 Å². The number of hydrogen-bond donors (Lipinski definition) is 4. The number of nitrogens with two attached hydrogens (primary N) is 4. The molecule has 0 fully saturated rings. The summed E-state index contributed by atoms with van der Waals surface area (Å²) in [4.78, 5) is 0. The molecule has 8 nitrogen and oxygen atoms in total. The van der Waals surface area contributed by atoms with Gasteiger partial charge in [0.05, 0.1) is 0 Å². The quantitative estimate of drug-likeness (QED) is 0.359. The van der Waals surface area contributed by atoms with Crippen LogP contribution in [-0.4, -0.2) is 0 Å². The second-order valence-electron chi connectivity index (χ2n) is 0. The van der Waals surface area contributed by atoms with Gasteiger partial charge in [-0.3, -0.25) is 0 Å². The average Bonchev–Trinajstić information content (AvgIpc) is 2.03. The topological polar surface area (TPSA) is 196 Å². The molecule has 0 aromatic heterocycles. The third-order valence-corrected chi connectivity index (χ3v) is 0. The van der Waals surface area contributed by atoms with E-state index in [2.05, 4.69) is 23.6 Å². The zero-order valence-corrected chi connectivity index (χ0v) is 6.67. The van der Waals surface area contributed by atoms with Crippen LogP contribution in [0.15, 0.2) is 0 Å². The summed E-state index contributed by atoms with van der Waals surface area (Å²) in [6, 6.07) is 0. The van der Waals surface area contributed by atoms with E-state index in [9.17, 15) is 0 Å². The Hall–Kier alpha value is 0.329. The van der Waals surface area contributed by atoms with Crippen molar-refractivity contribution in [3.8, 4) is 0 Å². The molecule has 0 bridgehead atoms. The van der Waals surface area contributed by atoms with E-state index < -0.39 is 0 Å². The van der Waals surface area contributed by atoms with Crippen LogP contribution in [0.5, 0.6) is 0 Å². The van der Waals surface area contributed by atoms with Crippen LogP contribution in [-0.2, 0) is 20.1 Å². The molecule has 0 unspecified atom stereocenters. The second kappa shape index (κ2) is 4130. The molecule has 9 heavy (non-hydrogen) atoms. The van der Waals surface area contributed by atoms with Crippen molar-refractivity contribution in [1.82, 2.24) is 0 Å². The monoisotopic (exact) mass is 321 g/mol. The summed E-state index contributed by atoms with van der Waals surface area (Å²) in [5, 5.41) is 31.0. The summed E-state index contributed by atoms with van der Waals surface area (Å²) in [6.45, 7) is 0. The van der Waals surface area contributed by atoms with Gasteiger partial charge in [-0.15, -0.1) is 0 Å². The van der Waals surface area contributed by atoms with Gasteiger partial charge in [0.2, 0.25) is 0 Å². The molecule has 0 saturated carbocycles. The first-order valence-corrected chi connectivity index (χ1v) is 0.943. The van der Waals surface area contributed by atoms with Crippen LogP contribution >= 0.6 is 0 Å². The summed E-state index contributed by atoms with van der Waals surface area (Å²) in [5.41, 5.74) is 0. The van der Waals surface area contributed by atoms with Crippen LogP contribution in [0.1, 0.15) is 0 Å². The third kappa shape index (κ3) is 3080. The molecule has 0 rings (SSSR count). The summed E-state index contributed by atoms with van der Waals surface area (Å²) in [5.74, 6) is 13.0. The van der Waals surface area contributed by atoms with Crippen molar-refractivity contribution in [1.29, 1.82) is 0 Å². The van der Waals surface area contributed by atoms with E-state index in [1.54, 1.807) is 0 Å². The maximum Gasteiger partial charge on any atom is 0 e. The fourth-order valence-electron chi connectivity index (χ4n) is 0. The molecular formula is H8IrN4O4-4. The van der Waals surface area contributed by atoms with Crippen molar-refractivity contribution < 1.29 is 20.1 Å². The molecule has 0 aliphatic rings. The van der Waals surface area contributed by atoms with Gasteiger partial charge >= 0.3 is 0 Å². The second-order valence-corrected chi connectivity index (χ2v) is 0. The Morgan fingerprint density at radius 3 is 0.444 bits per heavy atom. The van der Waals surface area contributed by atoms with E-state index in [0.29, 0.717) is 0 Å². The van der Waals surface area contributed by atoms with Crippen LogP contribution in [0, 0.1) is 20.8 Å². The van der Waals surface area contributed by atoms with E-state index in [-0.39, 0.29) is 20.1 Å². The number of hydrogen-bond acceptors (Lipinski definition) is 8. The van der Waals surface area contributed by atoms with Gasteiger partial charge in [-0.2, -0.15) is 0 Å². The minimum atomic E-state index is 0. The normalized spacial score (nSPS) is 2.67. The molecule has 0 heterocycles. The van der Waals surface area contributed by atoms with Crippen molar-refractivity contribution in [3.05, 3.63) is 20.8 Å². The van der Waals surface area contributed by atoms with Gasteiger partial charge in [0.25, 0.3) is 0 Å². The minimum absolute atomic E-state index is 0. The minimum Gasteiger partial charge on any atom is -0.790 e. The van der Waals surface area contributed by atoms with Crippen LogP contribution in [0.4, 0.5) is 0 Å². The largest absolute Gasteiger partial charge is 0.790 e. The SMILES string of the molecule is N[O-].N[O-].N[O-].N[O-].[Ir]. The summed E-state index contributed by atoms with van der Waals surface area (Å²) in [7, 11) is 0. The molecule has 9 heteroatoms. The zero-order valence-electron chi connectivity index (χ0n) is 4.28. The predicted octanol–water partition coefficient (Wildman–Crippen LogP) is -2.23. The zero-order chi connectivity index (χ0) is 8.00. The van der Waals surface area contributed by atoms with Gasteiger partial charge in [0, 0.05) is 20.1 Å². The summed E-state index contributed by atoms with van der Waals surface area (Å²) >= 11 is 0. The Labute approximate surface area is 65.2 Å². The summed E-state index contributed by atoms with van der Waals surface area (Å²) in [6.07, 6.45) is 0. The molecule has 0 saturated heterocycles. The van der Waals surface area contributed by atoms with Crippen molar-refractivity contribution >= 4 is 0 Å². The summed E-state index contributed by atoms with van der Waals surface area (Å²) < 4.78 is 0. The van der Waals surface area contributed by atoms with Crippen molar-refractivity contribution in [2.24, 2.45) is 23.6 Å². The van der Waals surface area contributed by atoms with Gasteiger partial charge in [-0.05, 0) is 0 Å².